The predicted molar refractivity (Wildman–Crippen MR) is 116 cm³/mol. The zero-order chi connectivity index (χ0) is 20.7. The molecule has 2 amide bonds. The van der Waals surface area contributed by atoms with E-state index in [1.54, 1.807) is 24.3 Å². The first-order chi connectivity index (χ1) is 13.3. The van der Waals surface area contributed by atoms with Crippen LogP contribution in [-0.4, -0.2) is 17.9 Å². The number of amides is 2. The Bertz CT molecular complexity index is 779. The van der Waals surface area contributed by atoms with E-state index in [0.29, 0.717) is 17.2 Å². The summed E-state index contributed by atoms with van der Waals surface area (Å²) in [4.78, 5) is 24.7. The van der Waals surface area contributed by atoms with Crippen molar-refractivity contribution < 1.29 is 9.59 Å². The molecule has 2 rings (SSSR count). The first kappa shape index (κ1) is 21.7. The second-order valence-corrected chi connectivity index (χ2v) is 7.91. The highest BCUT2D eigenvalue weighted by Crippen LogP contribution is 2.20. The minimum atomic E-state index is -0.249. The Morgan fingerprint density at radius 1 is 0.893 bits per heavy atom. The Hall–Kier alpha value is -2.62. The second-order valence-electron chi connectivity index (χ2n) is 7.91. The van der Waals surface area contributed by atoms with Crippen molar-refractivity contribution in [1.29, 1.82) is 0 Å². The van der Waals surface area contributed by atoms with Gasteiger partial charge in [-0.2, -0.15) is 0 Å². The van der Waals surface area contributed by atoms with E-state index >= 15 is 0 Å². The number of hydrogen-bond acceptors (Lipinski definition) is 2. The standard InChI is InChI=1S/C24H32N2O2/c1-6-17(4)25-24(28)21-11-13-22(14-12-21)26-23(27)18(5)20-9-7-19(8-10-20)15-16(2)3/h7-14,16-18H,6,15H2,1-5H3,(H,25,28)(H,26,27). The molecule has 0 aliphatic carbocycles. The van der Waals surface area contributed by atoms with Gasteiger partial charge in [0.25, 0.3) is 5.91 Å². The Balaban J connectivity index is 1.97. The summed E-state index contributed by atoms with van der Waals surface area (Å²) < 4.78 is 0. The van der Waals surface area contributed by atoms with Crippen molar-refractivity contribution in [1.82, 2.24) is 5.32 Å². The van der Waals surface area contributed by atoms with Gasteiger partial charge in [0.2, 0.25) is 5.91 Å². The molecule has 2 aromatic carbocycles. The first-order valence-corrected chi connectivity index (χ1v) is 10.1. The van der Waals surface area contributed by atoms with E-state index in [2.05, 4.69) is 36.6 Å². The van der Waals surface area contributed by atoms with Gasteiger partial charge in [-0.05, 0) is 68.0 Å². The maximum atomic E-state index is 12.6. The second kappa shape index (κ2) is 10.1. The molecule has 0 radical (unpaired) electrons. The summed E-state index contributed by atoms with van der Waals surface area (Å²) in [6, 6.07) is 15.4. The number of hydrogen-bond donors (Lipinski definition) is 2. The fourth-order valence-electron chi connectivity index (χ4n) is 2.93. The van der Waals surface area contributed by atoms with Crippen LogP contribution in [0, 0.1) is 5.92 Å². The zero-order valence-electron chi connectivity index (χ0n) is 17.6. The van der Waals surface area contributed by atoms with Gasteiger partial charge in [0.05, 0.1) is 5.92 Å². The summed E-state index contributed by atoms with van der Waals surface area (Å²) in [6.07, 6.45) is 1.92. The SMILES string of the molecule is CCC(C)NC(=O)c1ccc(NC(=O)C(C)c2ccc(CC(C)C)cc2)cc1. The molecular formula is C24H32N2O2. The lowest BCUT2D eigenvalue weighted by molar-refractivity contribution is -0.117. The van der Waals surface area contributed by atoms with Gasteiger partial charge in [0.15, 0.2) is 0 Å². The van der Waals surface area contributed by atoms with Crippen molar-refractivity contribution in [2.75, 3.05) is 5.32 Å². The van der Waals surface area contributed by atoms with Crippen LogP contribution in [0.25, 0.3) is 0 Å². The third-order valence-corrected chi connectivity index (χ3v) is 4.92. The fraction of sp³-hybridized carbons (Fsp3) is 0.417. The maximum Gasteiger partial charge on any atom is 0.251 e. The molecule has 0 saturated carbocycles. The molecule has 2 N–H and O–H groups in total. The molecule has 2 atom stereocenters. The van der Waals surface area contributed by atoms with Crippen LogP contribution in [0.3, 0.4) is 0 Å². The van der Waals surface area contributed by atoms with Gasteiger partial charge < -0.3 is 10.6 Å². The Kier molecular flexibility index (Phi) is 7.80. The van der Waals surface area contributed by atoms with E-state index in [1.807, 2.05) is 32.9 Å². The molecule has 2 aromatic rings. The first-order valence-electron chi connectivity index (χ1n) is 10.1. The van der Waals surface area contributed by atoms with E-state index in [0.717, 1.165) is 18.4 Å². The summed E-state index contributed by atoms with van der Waals surface area (Å²) >= 11 is 0. The van der Waals surface area contributed by atoms with Crippen molar-refractivity contribution in [2.45, 2.75) is 59.4 Å². The molecule has 0 saturated heterocycles. The van der Waals surface area contributed by atoms with Gasteiger partial charge >= 0.3 is 0 Å². The van der Waals surface area contributed by atoms with Crippen LogP contribution >= 0.6 is 0 Å². The Morgan fingerprint density at radius 2 is 1.50 bits per heavy atom. The number of anilines is 1. The van der Waals surface area contributed by atoms with Crippen molar-refractivity contribution in [3.8, 4) is 0 Å². The monoisotopic (exact) mass is 380 g/mol. The number of benzene rings is 2. The summed E-state index contributed by atoms with van der Waals surface area (Å²) in [6.45, 7) is 10.3. The van der Waals surface area contributed by atoms with Gasteiger partial charge in [-0.15, -0.1) is 0 Å². The van der Waals surface area contributed by atoms with E-state index in [1.165, 1.54) is 5.56 Å². The molecule has 0 aromatic heterocycles. The van der Waals surface area contributed by atoms with Crippen LogP contribution < -0.4 is 10.6 Å². The van der Waals surface area contributed by atoms with Crippen LogP contribution in [0.4, 0.5) is 5.69 Å². The molecule has 150 valence electrons. The zero-order valence-corrected chi connectivity index (χ0v) is 17.6. The van der Waals surface area contributed by atoms with Crippen molar-refractivity contribution in [3.63, 3.8) is 0 Å². The molecule has 0 heterocycles. The predicted octanol–water partition coefficient (Wildman–Crippen LogP) is 5.16. The maximum absolute atomic E-state index is 12.6. The van der Waals surface area contributed by atoms with Gasteiger partial charge in [-0.1, -0.05) is 45.0 Å². The number of nitrogens with one attached hydrogen (secondary N) is 2. The molecule has 28 heavy (non-hydrogen) atoms. The highest BCUT2D eigenvalue weighted by molar-refractivity contribution is 5.97. The summed E-state index contributed by atoms with van der Waals surface area (Å²) in [7, 11) is 0. The van der Waals surface area contributed by atoms with Crippen LogP contribution in [0.15, 0.2) is 48.5 Å². The molecule has 4 nitrogen and oxygen atoms in total. The van der Waals surface area contributed by atoms with Crippen molar-refractivity contribution in [3.05, 3.63) is 65.2 Å². The number of carbonyl (C=O) groups is 2. The third-order valence-electron chi connectivity index (χ3n) is 4.92. The van der Waals surface area contributed by atoms with E-state index < -0.39 is 0 Å². The van der Waals surface area contributed by atoms with Gasteiger partial charge in [-0.3, -0.25) is 9.59 Å². The molecule has 0 aliphatic heterocycles. The number of rotatable bonds is 8. The van der Waals surface area contributed by atoms with Crippen LogP contribution in [0.1, 0.15) is 68.4 Å². The highest BCUT2D eigenvalue weighted by atomic mass is 16.2. The third kappa shape index (κ3) is 6.22. The van der Waals surface area contributed by atoms with Crippen LogP contribution in [0.5, 0.6) is 0 Å². The van der Waals surface area contributed by atoms with Crippen LogP contribution in [0.2, 0.25) is 0 Å². The Morgan fingerprint density at radius 3 is 2.04 bits per heavy atom. The normalized spacial score (nSPS) is 13.1. The average molecular weight is 381 g/mol. The fourth-order valence-corrected chi connectivity index (χ4v) is 2.93. The van der Waals surface area contributed by atoms with Gasteiger partial charge in [0, 0.05) is 17.3 Å². The lowest BCUT2D eigenvalue weighted by Crippen LogP contribution is -2.31. The largest absolute Gasteiger partial charge is 0.350 e. The Labute approximate surface area is 168 Å². The van der Waals surface area contributed by atoms with E-state index in [4.69, 9.17) is 0 Å². The molecule has 4 heteroatoms. The van der Waals surface area contributed by atoms with Gasteiger partial charge in [-0.25, -0.2) is 0 Å². The molecule has 0 fully saturated rings. The summed E-state index contributed by atoms with van der Waals surface area (Å²) in [5, 5.41) is 5.87. The summed E-state index contributed by atoms with van der Waals surface area (Å²) in [5.41, 5.74) is 3.56. The lowest BCUT2D eigenvalue weighted by atomic mass is 9.96. The van der Waals surface area contributed by atoms with E-state index in [-0.39, 0.29) is 23.8 Å². The average Bonchev–Trinajstić information content (AvgIpc) is 2.67. The topological polar surface area (TPSA) is 58.2 Å². The van der Waals surface area contributed by atoms with Crippen molar-refractivity contribution >= 4 is 17.5 Å². The number of carbonyl (C=O) groups excluding carboxylic acids is 2. The minimum absolute atomic E-state index is 0.0617. The smallest absolute Gasteiger partial charge is 0.251 e. The minimum Gasteiger partial charge on any atom is -0.350 e. The van der Waals surface area contributed by atoms with Gasteiger partial charge in [0.1, 0.15) is 0 Å². The quantitative estimate of drug-likeness (QED) is 0.665. The molecule has 2 unspecified atom stereocenters. The molecule has 0 aliphatic rings. The molecule has 0 spiro atoms. The molecule has 0 bridgehead atoms. The molecular weight excluding hydrogens is 348 g/mol. The highest BCUT2D eigenvalue weighted by Gasteiger charge is 2.16. The lowest BCUT2D eigenvalue weighted by Gasteiger charge is -2.14. The van der Waals surface area contributed by atoms with Crippen LogP contribution in [-0.2, 0) is 11.2 Å². The summed E-state index contributed by atoms with van der Waals surface area (Å²) in [5.74, 6) is 0.207. The van der Waals surface area contributed by atoms with Crippen molar-refractivity contribution in [2.24, 2.45) is 5.92 Å². The van der Waals surface area contributed by atoms with E-state index in [9.17, 15) is 9.59 Å².